The molecule has 0 aromatic carbocycles. The van der Waals surface area contributed by atoms with Crippen molar-refractivity contribution in [2.75, 3.05) is 0 Å². The first-order chi connectivity index (χ1) is 6.06. The summed E-state index contributed by atoms with van der Waals surface area (Å²) in [5.41, 5.74) is 0.713. The Bertz CT molecular complexity index is 295. The molecule has 0 aromatic heterocycles. The summed E-state index contributed by atoms with van der Waals surface area (Å²) in [5.74, 6) is -1.23. The number of nitrogens with one attached hydrogen (secondary N) is 2. The standard InChI is InChI=1S/C8H10N2O3/c1-3-4(2)5-6(11)9-8(13)10-7(5)12/h3H2,1-2H3,(H2,9,10,11,12,13). The zero-order valence-corrected chi connectivity index (χ0v) is 7.43. The highest BCUT2D eigenvalue weighted by atomic mass is 16.2. The van der Waals surface area contributed by atoms with Crippen molar-refractivity contribution in [1.29, 1.82) is 0 Å². The molecule has 1 aliphatic rings. The molecule has 70 valence electrons. The highest BCUT2D eigenvalue weighted by molar-refractivity contribution is 6.29. The fourth-order valence-electron chi connectivity index (χ4n) is 1.03. The molecule has 1 rings (SSSR count). The number of urea groups is 1. The van der Waals surface area contributed by atoms with Gasteiger partial charge in [-0.25, -0.2) is 4.79 Å². The van der Waals surface area contributed by atoms with Crippen molar-refractivity contribution in [2.45, 2.75) is 20.3 Å². The third kappa shape index (κ3) is 1.74. The molecular formula is C8H10N2O3. The monoisotopic (exact) mass is 182 g/mol. The molecule has 0 saturated carbocycles. The average Bonchev–Trinajstić information content (AvgIpc) is 2.02. The van der Waals surface area contributed by atoms with E-state index in [0.717, 1.165) is 0 Å². The maximum Gasteiger partial charge on any atom is 0.328 e. The molecule has 0 atom stereocenters. The van der Waals surface area contributed by atoms with Crippen LogP contribution in [0.5, 0.6) is 0 Å². The summed E-state index contributed by atoms with van der Waals surface area (Å²) >= 11 is 0. The van der Waals surface area contributed by atoms with Crippen molar-refractivity contribution in [1.82, 2.24) is 10.6 Å². The zero-order valence-electron chi connectivity index (χ0n) is 7.43. The Balaban J connectivity index is 3.05. The van der Waals surface area contributed by atoms with Crippen LogP contribution in [0.15, 0.2) is 11.1 Å². The molecule has 0 aliphatic carbocycles. The second kappa shape index (κ2) is 3.38. The molecule has 1 fully saturated rings. The van der Waals surface area contributed by atoms with Gasteiger partial charge in [-0.15, -0.1) is 0 Å². The molecule has 0 spiro atoms. The van der Waals surface area contributed by atoms with Crippen LogP contribution in [0, 0.1) is 0 Å². The van der Waals surface area contributed by atoms with Gasteiger partial charge in [0.2, 0.25) is 0 Å². The van der Waals surface area contributed by atoms with Gasteiger partial charge in [0.1, 0.15) is 5.57 Å². The van der Waals surface area contributed by atoms with Gasteiger partial charge in [-0.3, -0.25) is 20.2 Å². The van der Waals surface area contributed by atoms with E-state index in [2.05, 4.69) is 0 Å². The van der Waals surface area contributed by atoms with E-state index >= 15 is 0 Å². The van der Waals surface area contributed by atoms with Crippen LogP contribution in [0.25, 0.3) is 0 Å². The summed E-state index contributed by atoms with van der Waals surface area (Å²) in [6, 6.07) is -0.761. The average molecular weight is 182 g/mol. The number of hydrogen-bond donors (Lipinski definition) is 2. The van der Waals surface area contributed by atoms with Gasteiger partial charge in [-0.05, 0) is 13.3 Å². The Kier molecular flexibility index (Phi) is 2.46. The maximum absolute atomic E-state index is 11.2. The zero-order chi connectivity index (χ0) is 10.0. The first-order valence-electron chi connectivity index (χ1n) is 3.92. The Morgan fingerprint density at radius 3 is 2.00 bits per heavy atom. The Morgan fingerprint density at radius 2 is 1.62 bits per heavy atom. The topological polar surface area (TPSA) is 75.3 Å². The number of hydrogen-bond acceptors (Lipinski definition) is 3. The van der Waals surface area contributed by atoms with Crippen LogP contribution in [0.1, 0.15) is 20.3 Å². The smallest absolute Gasteiger partial charge is 0.273 e. The molecule has 0 radical (unpaired) electrons. The van der Waals surface area contributed by atoms with Gasteiger partial charge in [-0.2, -0.15) is 0 Å². The second-order valence-electron chi connectivity index (χ2n) is 2.75. The summed E-state index contributed by atoms with van der Waals surface area (Å²) in [7, 11) is 0. The van der Waals surface area contributed by atoms with Crippen LogP contribution < -0.4 is 10.6 Å². The van der Waals surface area contributed by atoms with E-state index in [1.54, 1.807) is 6.92 Å². The largest absolute Gasteiger partial charge is 0.328 e. The Morgan fingerprint density at radius 1 is 1.15 bits per heavy atom. The lowest BCUT2D eigenvalue weighted by Gasteiger charge is -2.15. The van der Waals surface area contributed by atoms with Gasteiger partial charge in [0.25, 0.3) is 11.8 Å². The third-order valence-corrected chi connectivity index (χ3v) is 1.87. The predicted octanol–water partition coefficient (Wildman–Crippen LogP) is 0.0789. The highest BCUT2D eigenvalue weighted by Crippen LogP contribution is 2.10. The molecule has 2 N–H and O–H groups in total. The van der Waals surface area contributed by atoms with Gasteiger partial charge in [0.15, 0.2) is 0 Å². The van der Waals surface area contributed by atoms with Gasteiger partial charge in [0.05, 0.1) is 0 Å². The van der Waals surface area contributed by atoms with E-state index in [1.165, 1.54) is 0 Å². The van der Waals surface area contributed by atoms with Gasteiger partial charge in [-0.1, -0.05) is 12.5 Å². The summed E-state index contributed by atoms with van der Waals surface area (Å²) in [5, 5.41) is 4.01. The number of barbiturate groups is 1. The van der Waals surface area contributed by atoms with Crippen LogP contribution in [0.4, 0.5) is 4.79 Å². The minimum atomic E-state index is -0.761. The lowest BCUT2D eigenvalue weighted by Crippen LogP contribution is -2.51. The molecular weight excluding hydrogens is 172 g/mol. The van der Waals surface area contributed by atoms with Crippen molar-refractivity contribution < 1.29 is 14.4 Å². The summed E-state index contributed by atoms with van der Waals surface area (Å²) < 4.78 is 0. The third-order valence-electron chi connectivity index (χ3n) is 1.87. The highest BCUT2D eigenvalue weighted by Gasteiger charge is 2.28. The first kappa shape index (κ1) is 9.44. The van der Waals surface area contributed by atoms with E-state index < -0.39 is 17.8 Å². The number of rotatable bonds is 1. The molecule has 13 heavy (non-hydrogen) atoms. The van der Waals surface area contributed by atoms with Gasteiger partial charge in [0, 0.05) is 0 Å². The fraction of sp³-hybridized carbons (Fsp3) is 0.375. The lowest BCUT2D eigenvalue weighted by molar-refractivity contribution is -0.124. The maximum atomic E-state index is 11.2. The molecule has 1 saturated heterocycles. The van der Waals surface area contributed by atoms with Gasteiger partial charge >= 0.3 is 6.03 Å². The molecule has 0 aromatic rings. The van der Waals surface area contributed by atoms with Crippen molar-refractivity contribution in [2.24, 2.45) is 0 Å². The number of carbonyl (C=O) groups excluding carboxylic acids is 3. The van der Waals surface area contributed by atoms with Crippen molar-refractivity contribution in [3.8, 4) is 0 Å². The van der Waals surface area contributed by atoms with E-state index in [0.29, 0.717) is 12.0 Å². The molecule has 1 aliphatic heterocycles. The first-order valence-corrected chi connectivity index (χ1v) is 3.92. The van der Waals surface area contributed by atoms with Gasteiger partial charge < -0.3 is 0 Å². The summed E-state index contributed by atoms with van der Waals surface area (Å²) in [6.45, 7) is 3.52. The van der Waals surface area contributed by atoms with Crippen LogP contribution in [0.2, 0.25) is 0 Å². The van der Waals surface area contributed by atoms with E-state index in [4.69, 9.17) is 0 Å². The number of imide groups is 2. The Hall–Kier alpha value is -1.65. The molecule has 0 bridgehead atoms. The molecule has 5 nitrogen and oxygen atoms in total. The summed E-state index contributed by atoms with van der Waals surface area (Å²) in [6.07, 6.45) is 0.602. The molecule has 5 heteroatoms. The Labute approximate surface area is 75.2 Å². The van der Waals surface area contributed by atoms with Crippen LogP contribution >= 0.6 is 0 Å². The quantitative estimate of drug-likeness (QED) is 0.445. The number of carbonyl (C=O) groups is 3. The van der Waals surface area contributed by atoms with E-state index in [-0.39, 0.29) is 5.57 Å². The predicted molar refractivity (Wildman–Crippen MR) is 44.7 cm³/mol. The molecule has 0 unspecified atom stereocenters. The van der Waals surface area contributed by atoms with Crippen molar-refractivity contribution in [3.63, 3.8) is 0 Å². The number of allylic oxidation sites excluding steroid dienone is 1. The minimum absolute atomic E-state index is 0.0436. The van der Waals surface area contributed by atoms with Crippen LogP contribution in [-0.2, 0) is 9.59 Å². The van der Waals surface area contributed by atoms with Crippen molar-refractivity contribution in [3.05, 3.63) is 11.1 Å². The van der Waals surface area contributed by atoms with E-state index in [1.807, 2.05) is 17.6 Å². The van der Waals surface area contributed by atoms with E-state index in [9.17, 15) is 14.4 Å². The molecule has 4 amide bonds. The van der Waals surface area contributed by atoms with Crippen molar-refractivity contribution >= 4 is 17.8 Å². The SMILES string of the molecule is CCC(C)=C1C(=O)NC(=O)NC1=O. The minimum Gasteiger partial charge on any atom is -0.273 e. The van der Waals surface area contributed by atoms with Crippen LogP contribution in [-0.4, -0.2) is 17.8 Å². The van der Waals surface area contributed by atoms with Crippen LogP contribution in [0.3, 0.4) is 0 Å². The normalized spacial score (nSPS) is 16.8. The second-order valence-corrected chi connectivity index (χ2v) is 2.75. The number of amides is 4. The fourth-order valence-corrected chi connectivity index (χ4v) is 1.03. The lowest BCUT2D eigenvalue weighted by atomic mass is 10.1. The summed E-state index contributed by atoms with van der Waals surface area (Å²) in [4.78, 5) is 33.0. The molecule has 1 heterocycles.